The van der Waals surface area contributed by atoms with Gasteiger partial charge in [0.25, 0.3) is 0 Å². The van der Waals surface area contributed by atoms with Crippen molar-refractivity contribution in [1.82, 2.24) is 5.32 Å². The molecule has 2 rings (SSSR count). The Morgan fingerprint density at radius 1 is 1.38 bits per heavy atom. The second-order valence-electron chi connectivity index (χ2n) is 4.45. The minimum absolute atomic E-state index is 0.564. The van der Waals surface area contributed by atoms with E-state index in [9.17, 15) is 0 Å². The summed E-state index contributed by atoms with van der Waals surface area (Å²) in [6, 6.07) is 6.57. The topological polar surface area (TPSA) is 12.0 Å². The van der Waals surface area contributed by atoms with E-state index in [1.165, 1.54) is 12.0 Å². The van der Waals surface area contributed by atoms with E-state index in [1.807, 2.05) is 19.2 Å². The van der Waals surface area contributed by atoms with Gasteiger partial charge < -0.3 is 5.32 Å². The highest BCUT2D eigenvalue weighted by atomic mass is 35.5. The Morgan fingerprint density at radius 2 is 2.12 bits per heavy atom. The quantitative estimate of drug-likeness (QED) is 0.860. The van der Waals surface area contributed by atoms with Gasteiger partial charge in [0.05, 0.1) is 10.0 Å². The zero-order valence-electron chi connectivity index (χ0n) is 9.63. The van der Waals surface area contributed by atoms with Gasteiger partial charge in [0, 0.05) is 6.04 Å². The SMILES string of the molecule is CCC1C(NC)CC1c1cccc(Cl)c1Cl. The van der Waals surface area contributed by atoms with Gasteiger partial charge in [0.15, 0.2) is 0 Å². The van der Waals surface area contributed by atoms with Crippen LogP contribution in [0.15, 0.2) is 18.2 Å². The molecule has 0 heterocycles. The highest BCUT2D eigenvalue weighted by Gasteiger charge is 2.40. The van der Waals surface area contributed by atoms with Crippen LogP contribution in [0.4, 0.5) is 0 Å². The van der Waals surface area contributed by atoms with Crippen molar-refractivity contribution in [3.63, 3.8) is 0 Å². The first-order valence-electron chi connectivity index (χ1n) is 5.80. The predicted molar refractivity (Wildman–Crippen MR) is 70.4 cm³/mol. The Kier molecular flexibility index (Phi) is 3.78. The smallest absolute Gasteiger partial charge is 0.0627 e. The molecular formula is C13H17Cl2N. The summed E-state index contributed by atoms with van der Waals surface area (Å²) in [6.07, 6.45) is 2.34. The Labute approximate surface area is 107 Å². The average molecular weight is 258 g/mol. The molecule has 1 fully saturated rings. The Balaban J connectivity index is 2.23. The molecule has 1 aliphatic carbocycles. The lowest BCUT2D eigenvalue weighted by Gasteiger charge is -2.45. The summed E-state index contributed by atoms with van der Waals surface area (Å²) in [5, 5.41) is 4.77. The van der Waals surface area contributed by atoms with Crippen LogP contribution in [0.5, 0.6) is 0 Å². The van der Waals surface area contributed by atoms with Crippen molar-refractivity contribution in [2.24, 2.45) is 5.92 Å². The molecule has 1 aromatic carbocycles. The number of nitrogens with one attached hydrogen (secondary N) is 1. The maximum Gasteiger partial charge on any atom is 0.0627 e. The first-order valence-corrected chi connectivity index (χ1v) is 6.55. The molecule has 3 unspecified atom stereocenters. The molecule has 1 saturated carbocycles. The molecule has 1 aliphatic rings. The molecule has 1 N–H and O–H groups in total. The van der Waals surface area contributed by atoms with Gasteiger partial charge in [-0.25, -0.2) is 0 Å². The standard InChI is InChI=1S/C13H17Cl2N/c1-3-8-10(7-12(8)16-2)9-5-4-6-11(14)13(9)15/h4-6,8,10,12,16H,3,7H2,1-2H3. The second-order valence-corrected chi connectivity index (χ2v) is 5.24. The number of rotatable bonds is 3. The lowest BCUT2D eigenvalue weighted by molar-refractivity contribution is 0.169. The molecule has 0 aromatic heterocycles. The molecule has 1 nitrogen and oxygen atoms in total. The zero-order chi connectivity index (χ0) is 11.7. The van der Waals surface area contributed by atoms with Gasteiger partial charge in [-0.1, -0.05) is 48.7 Å². The van der Waals surface area contributed by atoms with Crippen molar-refractivity contribution in [2.45, 2.75) is 31.7 Å². The predicted octanol–water partition coefficient (Wildman–Crippen LogP) is 4.09. The molecule has 88 valence electrons. The molecule has 16 heavy (non-hydrogen) atoms. The number of benzene rings is 1. The van der Waals surface area contributed by atoms with E-state index in [1.54, 1.807) is 0 Å². The summed E-state index contributed by atoms with van der Waals surface area (Å²) in [5.74, 6) is 1.25. The van der Waals surface area contributed by atoms with E-state index < -0.39 is 0 Å². The molecule has 0 spiro atoms. The van der Waals surface area contributed by atoms with Crippen LogP contribution < -0.4 is 5.32 Å². The fourth-order valence-corrected chi connectivity index (χ4v) is 3.22. The normalized spacial score (nSPS) is 28.9. The van der Waals surface area contributed by atoms with Crippen molar-refractivity contribution in [3.05, 3.63) is 33.8 Å². The lowest BCUT2D eigenvalue weighted by atomic mass is 9.65. The maximum absolute atomic E-state index is 6.26. The third-order valence-electron chi connectivity index (χ3n) is 3.76. The van der Waals surface area contributed by atoms with Crippen LogP contribution in [0.1, 0.15) is 31.2 Å². The van der Waals surface area contributed by atoms with Gasteiger partial charge in [-0.3, -0.25) is 0 Å². The van der Waals surface area contributed by atoms with Crippen LogP contribution >= 0.6 is 23.2 Å². The van der Waals surface area contributed by atoms with Crippen molar-refractivity contribution < 1.29 is 0 Å². The summed E-state index contributed by atoms with van der Waals surface area (Å²) in [4.78, 5) is 0. The molecule has 0 bridgehead atoms. The minimum atomic E-state index is 0.564. The third kappa shape index (κ3) is 1.97. The first kappa shape index (κ1) is 12.2. The average Bonchev–Trinajstić information content (AvgIpc) is 2.24. The van der Waals surface area contributed by atoms with Crippen molar-refractivity contribution in [2.75, 3.05) is 7.05 Å². The summed E-state index contributed by atoms with van der Waals surface area (Å²) in [5.41, 5.74) is 1.22. The summed E-state index contributed by atoms with van der Waals surface area (Å²) in [7, 11) is 2.03. The largest absolute Gasteiger partial charge is 0.317 e. The van der Waals surface area contributed by atoms with Gasteiger partial charge in [0.2, 0.25) is 0 Å². The van der Waals surface area contributed by atoms with Gasteiger partial charge in [-0.2, -0.15) is 0 Å². The Hall–Kier alpha value is -0.240. The van der Waals surface area contributed by atoms with Crippen LogP contribution in [-0.4, -0.2) is 13.1 Å². The van der Waals surface area contributed by atoms with Gasteiger partial charge >= 0.3 is 0 Å². The van der Waals surface area contributed by atoms with Gasteiger partial charge in [0.1, 0.15) is 0 Å². The first-order chi connectivity index (χ1) is 7.69. The van der Waals surface area contributed by atoms with E-state index in [0.717, 1.165) is 11.4 Å². The maximum atomic E-state index is 6.26. The fraction of sp³-hybridized carbons (Fsp3) is 0.538. The van der Waals surface area contributed by atoms with Gasteiger partial charge in [-0.05, 0) is 36.9 Å². The van der Waals surface area contributed by atoms with Crippen molar-refractivity contribution in [1.29, 1.82) is 0 Å². The fourth-order valence-electron chi connectivity index (χ4n) is 2.77. The van der Waals surface area contributed by atoms with Crippen LogP contribution in [0.25, 0.3) is 0 Å². The van der Waals surface area contributed by atoms with E-state index in [-0.39, 0.29) is 0 Å². The van der Waals surface area contributed by atoms with Crippen LogP contribution in [-0.2, 0) is 0 Å². The number of halogens is 2. The third-order valence-corrected chi connectivity index (χ3v) is 4.60. The lowest BCUT2D eigenvalue weighted by Crippen LogP contribution is -2.47. The molecule has 0 amide bonds. The second kappa shape index (κ2) is 4.95. The molecule has 0 radical (unpaired) electrons. The Morgan fingerprint density at radius 3 is 2.75 bits per heavy atom. The summed E-state index contributed by atoms with van der Waals surface area (Å²) in [6.45, 7) is 2.24. The minimum Gasteiger partial charge on any atom is -0.317 e. The molecule has 0 aliphatic heterocycles. The molecule has 3 atom stereocenters. The molecular weight excluding hydrogens is 241 g/mol. The van der Waals surface area contributed by atoms with Gasteiger partial charge in [-0.15, -0.1) is 0 Å². The van der Waals surface area contributed by atoms with E-state index >= 15 is 0 Å². The van der Waals surface area contributed by atoms with Crippen LogP contribution in [0, 0.1) is 5.92 Å². The van der Waals surface area contributed by atoms with E-state index in [4.69, 9.17) is 23.2 Å². The summed E-state index contributed by atoms with van der Waals surface area (Å²) < 4.78 is 0. The van der Waals surface area contributed by atoms with Crippen LogP contribution in [0.3, 0.4) is 0 Å². The summed E-state index contributed by atoms with van der Waals surface area (Å²) >= 11 is 12.3. The highest BCUT2D eigenvalue weighted by molar-refractivity contribution is 6.42. The van der Waals surface area contributed by atoms with E-state index in [2.05, 4.69) is 18.3 Å². The molecule has 3 heteroatoms. The van der Waals surface area contributed by atoms with Crippen molar-refractivity contribution >= 4 is 23.2 Å². The monoisotopic (exact) mass is 257 g/mol. The van der Waals surface area contributed by atoms with Crippen LogP contribution in [0.2, 0.25) is 10.0 Å². The van der Waals surface area contributed by atoms with E-state index in [0.29, 0.717) is 22.9 Å². The molecule has 1 aromatic rings. The zero-order valence-corrected chi connectivity index (χ0v) is 11.1. The van der Waals surface area contributed by atoms with Crippen molar-refractivity contribution in [3.8, 4) is 0 Å². The highest BCUT2D eigenvalue weighted by Crippen LogP contribution is 2.47. The number of hydrogen-bond donors (Lipinski definition) is 1. The number of hydrogen-bond acceptors (Lipinski definition) is 1. The molecule has 0 saturated heterocycles. The Bertz CT molecular complexity index is 378.